The zero-order valence-electron chi connectivity index (χ0n) is 8.15. The van der Waals surface area contributed by atoms with Gasteiger partial charge in [0.15, 0.2) is 0 Å². The van der Waals surface area contributed by atoms with Gasteiger partial charge in [-0.25, -0.2) is 0 Å². The Balaban J connectivity index is 2.38. The van der Waals surface area contributed by atoms with Crippen LogP contribution in [0.4, 0.5) is 0 Å². The van der Waals surface area contributed by atoms with E-state index in [9.17, 15) is 0 Å². The smallest absolute Gasteiger partial charge is 0.0166 e. The quantitative estimate of drug-likeness (QED) is 0.483. The summed E-state index contributed by atoms with van der Waals surface area (Å²) in [6.45, 7) is 0. The zero-order chi connectivity index (χ0) is 9.19. The Morgan fingerprint density at radius 1 is 0.538 bits per heavy atom. The molecular formula is C13H18. The molecule has 0 aliphatic heterocycles. The Morgan fingerprint density at radius 3 is 2.08 bits per heavy atom. The van der Waals surface area contributed by atoms with E-state index in [1.54, 1.807) is 0 Å². The second-order valence-corrected chi connectivity index (χ2v) is 3.23. The van der Waals surface area contributed by atoms with Crippen LogP contribution >= 0.6 is 0 Å². The standard InChI is InChI=1S/C13H18/c1-2-4-6-8-10-12-13-11-9-7-5-3-1/h1-6,9,11H,7-8,10,12-13H2/b2-1+,5-3+,6-4?,11-9?. The van der Waals surface area contributed by atoms with E-state index in [1.165, 1.54) is 25.7 Å². The van der Waals surface area contributed by atoms with Crippen LogP contribution < -0.4 is 0 Å². The van der Waals surface area contributed by atoms with Crippen LogP contribution in [0, 0.1) is 0 Å². The van der Waals surface area contributed by atoms with E-state index in [0.717, 1.165) is 6.42 Å². The van der Waals surface area contributed by atoms with Crippen LogP contribution in [0.5, 0.6) is 0 Å². The SMILES string of the molecule is C1=CCCCCC=CC/C=C/C=C/1. The third kappa shape index (κ3) is 6.15. The molecular weight excluding hydrogens is 156 g/mol. The second-order valence-electron chi connectivity index (χ2n) is 3.23. The topological polar surface area (TPSA) is 0 Å². The summed E-state index contributed by atoms with van der Waals surface area (Å²) in [4.78, 5) is 0. The fourth-order valence-electron chi connectivity index (χ4n) is 1.28. The summed E-state index contributed by atoms with van der Waals surface area (Å²) in [6, 6.07) is 0. The summed E-state index contributed by atoms with van der Waals surface area (Å²) in [5.74, 6) is 0. The molecule has 0 saturated carbocycles. The van der Waals surface area contributed by atoms with E-state index in [0.29, 0.717) is 0 Å². The summed E-state index contributed by atoms with van der Waals surface area (Å²) in [5, 5.41) is 0. The molecule has 1 aliphatic rings. The van der Waals surface area contributed by atoms with E-state index < -0.39 is 0 Å². The van der Waals surface area contributed by atoms with Crippen molar-refractivity contribution in [3.8, 4) is 0 Å². The highest BCUT2D eigenvalue weighted by atomic mass is 13.9. The fraction of sp³-hybridized carbons (Fsp3) is 0.385. The maximum atomic E-state index is 2.29. The third-order valence-electron chi connectivity index (χ3n) is 2.04. The van der Waals surface area contributed by atoms with Crippen molar-refractivity contribution < 1.29 is 0 Å². The lowest BCUT2D eigenvalue weighted by molar-refractivity contribution is 0.761. The molecule has 0 amide bonds. The van der Waals surface area contributed by atoms with Crippen molar-refractivity contribution >= 4 is 0 Å². The summed E-state index contributed by atoms with van der Waals surface area (Å²) in [6.07, 6.45) is 23.5. The zero-order valence-corrected chi connectivity index (χ0v) is 8.15. The largest absolute Gasteiger partial charge is 0.0882 e. The average molecular weight is 174 g/mol. The van der Waals surface area contributed by atoms with Crippen LogP contribution in [0.1, 0.15) is 32.1 Å². The van der Waals surface area contributed by atoms with Crippen LogP contribution in [-0.2, 0) is 0 Å². The predicted octanol–water partition coefficient (Wildman–Crippen LogP) is 4.18. The van der Waals surface area contributed by atoms with E-state index in [1.807, 2.05) is 0 Å². The molecule has 70 valence electrons. The predicted molar refractivity (Wildman–Crippen MR) is 59.6 cm³/mol. The van der Waals surface area contributed by atoms with Crippen molar-refractivity contribution in [2.75, 3.05) is 0 Å². The van der Waals surface area contributed by atoms with E-state index in [4.69, 9.17) is 0 Å². The van der Waals surface area contributed by atoms with Gasteiger partial charge in [-0.1, -0.05) is 48.6 Å². The number of allylic oxidation sites excluding steroid dienone is 8. The first-order valence-corrected chi connectivity index (χ1v) is 5.13. The lowest BCUT2D eigenvalue weighted by Crippen LogP contribution is -1.71. The maximum absolute atomic E-state index is 2.29. The van der Waals surface area contributed by atoms with E-state index >= 15 is 0 Å². The van der Waals surface area contributed by atoms with Gasteiger partial charge < -0.3 is 0 Å². The minimum atomic E-state index is 1.06. The molecule has 0 unspecified atom stereocenters. The van der Waals surface area contributed by atoms with Gasteiger partial charge in [0.1, 0.15) is 0 Å². The first-order chi connectivity index (χ1) is 6.50. The molecule has 0 aromatic rings. The molecule has 1 aliphatic carbocycles. The molecule has 0 saturated heterocycles. The molecule has 13 heavy (non-hydrogen) atoms. The summed E-state index contributed by atoms with van der Waals surface area (Å²) < 4.78 is 0. The maximum Gasteiger partial charge on any atom is -0.0166 e. The summed E-state index contributed by atoms with van der Waals surface area (Å²) in [5.41, 5.74) is 0. The Kier molecular flexibility index (Phi) is 5.87. The van der Waals surface area contributed by atoms with Crippen LogP contribution in [0.2, 0.25) is 0 Å². The molecule has 0 bridgehead atoms. The van der Waals surface area contributed by atoms with Crippen molar-refractivity contribution in [3.63, 3.8) is 0 Å². The lowest BCUT2D eigenvalue weighted by Gasteiger charge is -1.91. The third-order valence-corrected chi connectivity index (χ3v) is 2.04. The Hall–Kier alpha value is -1.04. The first kappa shape index (κ1) is 10.0. The van der Waals surface area contributed by atoms with Crippen LogP contribution in [-0.4, -0.2) is 0 Å². The summed E-state index contributed by atoms with van der Waals surface area (Å²) in [7, 11) is 0. The van der Waals surface area contributed by atoms with Crippen molar-refractivity contribution in [3.05, 3.63) is 48.6 Å². The fourth-order valence-corrected chi connectivity index (χ4v) is 1.28. The minimum Gasteiger partial charge on any atom is -0.0882 e. The van der Waals surface area contributed by atoms with Gasteiger partial charge in [-0.3, -0.25) is 0 Å². The van der Waals surface area contributed by atoms with Crippen LogP contribution in [0.3, 0.4) is 0 Å². The molecule has 0 aromatic heterocycles. The van der Waals surface area contributed by atoms with Gasteiger partial charge in [-0.2, -0.15) is 0 Å². The Morgan fingerprint density at radius 2 is 1.23 bits per heavy atom. The molecule has 0 heteroatoms. The van der Waals surface area contributed by atoms with Gasteiger partial charge in [-0.15, -0.1) is 0 Å². The van der Waals surface area contributed by atoms with Crippen molar-refractivity contribution in [2.24, 2.45) is 0 Å². The van der Waals surface area contributed by atoms with Gasteiger partial charge in [0, 0.05) is 0 Å². The molecule has 0 radical (unpaired) electrons. The van der Waals surface area contributed by atoms with Crippen molar-refractivity contribution in [2.45, 2.75) is 32.1 Å². The lowest BCUT2D eigenvalue weighted by atomic mass is 10.2. The van der Waals surface area contributed by atoms with Crippen LogP contribution in [0.15, 0.2) is 48.6 Å². The van der Waals surface area contributed by atoms with Gasteiger partial charge in [-0.05, 0) is 32.1 Å². The monoisotopic (exact) mass is 174 g/mol. The van der Waals surface area contributed by atoms with Crippen LogP contribution in [0.25, 0.3) is 0 Å². The highest BCUT2D eigenvalue weighted by molar-refractivity contribution is 5.12. The second kappa shape index (κ2) is 7.60. The Labute approximate surface area is 81.4 Å². The number of hydrogen-bond donors (Lipinski definition) is 0. The molecule has 0 aromatic carbocycles. The average Bonchev–Trinajstić information content (AvgIpc) is 2.18. The normalized spacial score (nSPS) is 24.0. The minimum absolute atomic E-state index is 1.06. The van der Waals surface area contributed by atoms with Gasteiger partial charge >= 0.3 is 0 Å². The molecule has 0 N–H and O–H groups in total. The highest BCUT2D eigenvalue weighted by Crippen LogP contribution is 2.03. The molecule has 0 nitrogen and oxygen atoms in total. The first-order valence-electron chi connectivity index (χ1n) is 5.13. The van der Waals surface area contributed by atoms with Gasteiger partial charge in [0.25, 0.3) is 0 Å². The number of hydrogen-bond acceptors (Lipinski definition) is 0. The van der Waals surface area contributed by atoms with E-state index in [-0.39, 0.29) is 0 Å². The molecule has 0 atom stereocenters. The van der Waals surface area contributed by atoms with Gasteiger partial charge in [0.05, 0.1) is 0 Å². The Bertz CT molecular complexity index is 216. The molecule has 1 rings (SSSR count). The highest BCUT2D eigenvalue weighted by Gasteiger charge is 1.83. The van der Waals surface area contributed by atoms with E-state index in [2.05, 4.69) is 48.6 Å². The van der Waals surface area contributed by atoms with Gasteiger partial charge in [0.2, 0.25) is 0 Å². The van der Waals surface area contributed by atoms with Crippen molar-refractivity contribution in [1.29, 1.82) is 0 Å². The number of rotatable bonds is 0. The summed E-state index contributed by atoms with van der Waals surface area (Å²) >= 11 is 0. The molecule has 0 heterocycles. The van der Waals surface area contributed by atoms with Crippen molar-refractivity contribution in [1.82, 2.24) is 0 Å². The molecule has 0 spiro atoms. The molecule has 0 fully saturated rings.